The van der Waals surface area contributed by atoms with Gasteiger partial charge in [0, 0.05) is 32.6 Å². The lowest BCUT2D eigenvalue weighted by atomic mass is 10.2. The summed E-state index contributed by atoms with van der Waals surface area (Å²) in [4.78, 5) is 14.0. The molecule has 1 rings (SSSR count). The van der Waals surface area contributed by atoms with E-state index in [2.05, 4.69) is 0 Å². The average Bonchev–Trinajstić information content (AvgIpc) is 2.61. The van der Waals surface area contributed by atoms with E-state index < -0.39 is 10.0 Å². The van der Waals surface area contributed by atoms with Crippen molar-refractivity contribution in [3.05, 3.63) is 0 Å². The predicted molar refractivity (Wildman–Crippen MR) is 76.4 cm³/mol. The van der Waals surface area contributed by atoms with Crippen molar-refractivity contribution in [2.75, 3.05) is 32.4 Å². The van der Waals surface area contributed by atoms with E-state index in [4.69, 9.17) is 0 Å². The molecule has 19 heavy (non-hydrogen) atoms. The second kappa shape index (κ2) is 7.85. The minimum atomic E-state index is -3.20. The second-order valence-electron chi connectivity index (χ2n) is 5.21. The lowest BCUT2D eigenvalue weighted by Gasteiger charge is -2.23. The van der Waals surface area contributed by atoms with Crippen molar-refractivity contribution < 1.29 is 13.2 Å². The number of rotatable bonds is 6. The standard InChI is InChI=1S/C13H26N2O3S/c1-3-9-15(19(2,17)18)12-8-13(16)14-10-6-4-5-7-11-14/h3-12H2,1-2H3. The van der Waals surface area contributed by atoms with Gasteiger partial charge >= 0.3 is 0 Å². The minimum absolute atomic E-state index is 0.0895. The smallest absolute Gasteiger partial charge is 0.223 e. The van der Waals surface area contributed by atoms with Crippen LogP contribution in [0.4, 0.5) is 0 Å². The molecule has 0 aliphatic carbocycles. The van der Waals surface area contributed by atoms with Crippen molar-refractivity contribution in [3.8, 4) is 0 Å². The molecular weight excluding hydrogens is 264 g/mol. The molecule has 0 bridgehead atoms. The highest BCUT2D eigenvalue weighted by atomic mass is 32.2. The lowest BCUT2D eigenvalue weighted by Crippen LogP contribution is -2.37. The van der Waals surface area contributed by atoms with E-state index in [1.54, 1.807) is 0 Å². The molecule has 6 heteroatoms. The minimum Gasteiger partial charge on any atom is -0.343 e. The van der Waals surface area contributed by atoms with Crippen LogP contribution in [0.1, 0.15) is 45.4 Å². The average molecular weight is 290 g/mol. The van der Waals surface area contributed by atoms with Gasteiger partial charge in [0.1, 0.15) is 0 Å². The van der Waals surface area contributed by atoms with Crippen LogP contribution < -0.4 is 0 Å². The van der Waals surface area contributed by atoms with Crippen molar-refractivity contribution >= 4 is 15.9 Å². The molecule has 0 aromatic carbocycles. The Bertz CT molecular complexity index is 373. The summed E-state index contributed by atoms with van der Waals surface area (Å²) in [6.07, 6.45) is 6.79. The van der Waals surface area contributed by atoms with Crippen LogP contribution >= 0.6 is 0 Å². The number of nitrogens with zero attached hydrogens (tertiary/aromatic N) is 2. The first kappa shape index (κ1) is 16.4. The van der Waals surface area contributed by atoms with Crippen LogP contribution in [0.2, 0.25) is 0 Å². The molecule has 1 heterocycles. The van der Waals surface area contributed by atoms with Gasteiger partial charge in [-0.1, -0.05) is 19.8 Å². The van der Waals surface area contributed by atoms with Crippen LogP contribution in [-0.4, -0.2) is 56.0 Å². The van der Waals surface area contributed by atoms with Crippen LogP contribution in [-0.2, 0) is 14.8 Å². The molecule has 0 N–H and O–H groups in total. The Morgan fingerprint density at radius 3 is 2.16 bits per heavy atom. The maximum Gasteiger partial charge on any atom is 0.223 e. The zero-order valence-electron chi connectivity index (χ0n) is 12.1. The fourth-order valence-electron chi connectivity index (χ4n) is 2.39. The molecule has 0 spiro atoms. The first-order valence-electron chi connectivity index (χ1n) is 7.18. The second-order valence-corrected chi connectivity index (χ2v) is 7.19. The van der Waals surface area contributed by atoms with E-state index in [-0.39, 0.29) is 5.91 Å². The summed E-state index contributed by atoms with van der Waals surface area (Å²) in [6, 6.07) is 0. The summed E-state index contributed by atoms with van der Waals surface area (Å²) in [5.41, 5.74) is 0. The van der Waals surface area contributed by atoms with Crippen LogP contribution in [0.5, 0.6) is 0 Å². The predicted octanol–water partition coefficient (Wildman–Crippen LogP) is 1.45. The highest BCUT2D eigenvalue weighted by Crippen LogP contribution is 2.11. The van der Waals surface area contributed by atoms with E-state index in [0.717, 1.165) is 32.4 Å². The van der Waals surface area contributed by atoms with Crippen LogP contribution in [0, 0.1) is 0 Å². The van der Waals surface area contributed by atoms with Gasteiger partial charge in [-0.25, -0.2) is 12.7 Å². The maximum atomic E-state index is 12.1. The zero-order valence-corrected chi connectivity index (χ0v) is 12.9. The maximum absolute atomic E-state index is 12.1. The van der Waals surface area contributed by atoms with Gasteiger partial charge < -0.3 is 4.90 Å². The lowest BCUT2D eigenvalue weighted by molar-refractivity contribution is -0.131. The molecule has 1 aliphatic rings. The molecule has 5 nitrogen and oxygen atoms in total. The number of sulfonamides is 1. The first-order chi connectivity index (χ1) is 8.95. The van der Waals surface area contributed by atoms with Gasteiger partial charge in [-0.05, 0) is 19.3 Å². The zero-order chi connectivity index (χ0) is 14.3. The van der Waals surface area contributed by atoms with Crippen molar-refractivity contribution in [2.24, 2.45) is 0 Å². The van der Waals surface area contributed by atoms with Gasteiger partial charge in [0.25, 0.3) is 0 Å². The Kier molecular flexibility index (Phi) is 6.79. The first-order valence-corrected chi connectivity index (χ1v) is 9.03. The van der Waals surface area contributed by atoms with Crippen molar-refractivity contribution in [2.45, 2.75) is 45.4 Å². The van der Waals surface area contributed by atoms with E-state index >= 15 is 0 Å². The van der Waals surface area contributed by atoms with Crippen molar-refractivity contribution in [1.82, 2.24) is 9.21 Å². The van der Waals surface area contributed by atoms with E-state index in [1.165, 1.54) is 23.4 Å². The van der Waals surface area contributed by atoms with E-state index in [9.17, 15) is 13.2 Å². The molecule has 0 atom stereocenters. The Balaban J connectivity index is 2.46. The molecule has 0 unspecified atom stereocenters. The summed E-state index contributed by atoms with van der Waals surface area (Å²) in [6.45, 7) is 4.39. The van der Waals surface area contributed by atoms with Gasteiger partial charge in [-0.15, -0.1) is 0 Å². The largest absolute Gasteiger partial charge is 0.343 e. The van der Waals surface area contributed by atoms with Gasteiger partial charge in [0.2, 0.25) is 15.9 Å². The number of amides is 1. The van der Waals surface area contributed by atoms with Crippen molar-refractivity contribution in [3.63, 3.8) is 0 Å². The Hall–Kier alpha value is -0.620. The third kappa shape index (κ3) is 5.91. The third-order valence-electron chi connectivity index (χ3n) is 3.48. The molecule has 0 radical (unpaired) electrons. The third-order valence-corrected chi connectivity index (χ3v) is 4.78. The fraction of sp³-hybridized carbons (Fsp3) is 0.923. The molecule has 0 aromatic rings. The Morgan fingerprint density at radius 1 is 1.11 bits per heavy atom. The summed E-state index contributed by atoms with van der Waals surface area (Å²) in [7, 11) is -3.20. The molecule has 0 saturated carbocycles. The molecular formula is C13H26N2O3S. The molecule has 1 fully saturated rings. The normalized spacial score (nSPS) is 17.5. The molecule has 1 saturated heterocycles. The van der Waals surface area contributed by atoms with Crippen LogP contribution in [0.25, 0.3) is 0 Å². The van der Waals surface area contributed by atoms with Crippen LogP contribution in [0.3, 0.4) is 0 Å². The topological polar surface area (TPSA) is 57.7 Å². The summed E-state index contributed by atoms with van der Waals surface area (Å²) >= 11 is 0. The summed E-state index contributed by atoms with van der Waals surface area (Å²) in [5.74, 6) is 0.0895. The van der Waals surface area contributed by atoms with E-state index in [0.29, 0.717) is 19.5 Å². The number of hydrogen-bond acceptors (Lipinski definition) is 3. The van der Waals surface area contributed by atoms with Gasteiger partial charge in [-0.2, -0.15) is 0 Å². The number of hydrogen-bond donors (Lipinski definition) is 0. The Labute approximate surface area is 117 Å². The van der Waals surface area contributed by atoms with Gasteiger partial charge in [0.15, 0.2) is 0 Å². The monoisotopic (exact) mass is 290 g/mol. The highest BCUT2D eigenvalue weighted by Gasteiger charge is 2.20. The quantitative estimate of drug-likeness (QED) is 0.744. The van der Waals surface area contributed by atoms with Crippen molar-refractivity contribution in [1.29, 1.82) is 0 Å². The SMILES string of the molecule is CCCN(CCC(=O)N1CCCCCC1)S(C)(=O)=O. The molecule has 1 amide bonds. The number of carbonyl (C=O) groups is 1. The molecule has 112 valence electrons. The molecule has 0 aromatic heterocycles. The summed E-state index contributed by atoms with van der Waals surface area (Å²) < 4.78 is 24.5. The fourth-order valence-corrected chi connectivity index (χ4v) is 3.33. The number of carbonyl (C=O) groups excluding carboxylic acids is 1. The van der Waals surface area contributed by atoms with Crippen LogP contribution in [0.15, 0.2) is 0 Å². The Morgan fingerprint density at radius 2 is 1.68 bits per heavy atom. The van der Waals surface area contributed by atoms with Gasteiger partial charge in [-0.3, -0.25) is 4.79 Å². The number of likely N-dealkylation sites (tertiary alicyclic amines) is 1. The van der Waals surface area contributed by atoms with E-state index in [1.807, 2.05) is 11.8 Å². The summed E-state index contributed by atoms with van der Waals surface area (Å²) in [5, 5.41) is 0. The molecule has 1 aliphatic heterocycles. The van der Waals surface area contributed by atoms with Gasteiger partial charge in [0.05, 0.1) is 6.26 Å². The highest BCUT2D eigenvalue weighted by molar-refractivity contribution is 7.88.